The molecule has 7 nitrogen and oxygen atoms in total. The second-order valence-electron chi connectivity index (χ2n) is 10.7. The number of pyridine rings is 1. The molecule has 3 aromatic heterocycles. The highest BCUT2D eigenvalue weighted by molar-refractivity contribution is 6.33. The Labute approximate surface area is 226 Å². The van der Waals surface area contributed by atoms with Crippen LogP contribution < -0.4 is 5.73 Å². The van der Waals surface area contributed by atoms with E-state index in [0.717, 1.165) is 22.3 Å². The summed E-state index contributed by atoms with van der Waals surface area (Å²) in [4.78, 5) is 13.2. The normalized spacial score (nSPS) is 20.8. The van der Waals surface area contributed by atoms with Gasteiger partial charge in [-0.15, -0.1) is 0 Å². The maximum absolute atomic E-state index is 15.0. The number of halogens is 2. The Bertz CT molecular complexity index is 1550. The van der Waals surface area contributed by atoms with Gasteiger partial charge in [0.25, 0.3) is 0 Å². The van der Waals surface area contributed by atoms with E-state index in [9.17, 15) is 4.39 Å². The van der Waals surface area contributed by atoms with Gasteiger partial charge in [-0.2, -0.15) is 0 Å². The van der Waals surface area contributed by atoms with E-state index >= 15 is 0 Å². The molecule has 0 aliphatic heterocycles. The number of nitrogen functional groups attached to an aromatic ring is 1. The highest BCUT2D eigenvalue weighted by atomic mass is 35.5. The number of rotatable bonds is 7. The van der Waals surface area contributed by atoms with Crippen molar-refractivity contribution in [3.63, 3.8) is 0 Å². The zero-order valence-corrected chi connectivity index (χ0v) is 23.3. The average Bonchev–Trinajstić information content (AvgIpc) is 3.42. The van der Waals surface area contributed by atoms with Crippen molar-refractivity contribution in [1.82, 2.24) is 19.5 Å². The van der Waals surface area contributed by atoms with Gasteiger partial charge in [-0.25, -0.2) is 19.3 Å². The molecule has 0 amide bonds. The van der Waals surface area contributed by atoms with Crippen molar-refractivity contribution >= 4 is 39.4 Å². The van der Waals surface area contributed by atoms with Crippen LogP contribution >= 0.6 is 11.6 Å². The fourth-order valence-corrected chi connectivity index (χ4v) is 5.68. The molecule has 1 aromatic carbocycles. The standard InChI is InChI=1S/C29H33ClFN5O2/c1-15(9-18-10-23(31)21-12-22(30)27(32)35-24(21)11-18)20-13-25(26(16(20)2)38-29(4,5)37-6)36-8-7-19-17(3)33-14-34-28(19)36/h7-8,10-16,25-26H,9H2,1-6H3,(H2,32,35). The van der Waals surface area contributed by atoms with Crippen molar-refractivity contribution in [2.45, 2.75) is 59.0 Å². The van der Waals surface area contributed by atoms with E-state index in [2.05, 4.69) is 39.4 Å². The van der Waals surface area contributed by atoms with Gasteiger partial charge in [-0.1, -0.05) is 37.1 Å². The van der Waals surface area contributed by atoms with E-state index in [1.807, 2.05) is 39.1 Å². The Hall–Kier alpha value is -3.07. The first-order valence-electron chi connectivity index (χ1n) is 12.8. The van der Waals surface area contributed by atoms with Crippen LogP contribution in [0.15, 0.2) is 48.4 Å². The highest BCUT2D eigenvalue weighted by Gasteiger charge is 2.41. The lowest BCUT2D eigenvalue weighted by atomic mass is 9.87. The zero-order valence-electron chi connectivity index (χ0n) is 22.5. The van der Waals surface area contributed by atoms with E-state index in [-0.39, 0.29) is 40.6 Å². The smallest absolute Gasteiger partial charge is 0.162 e. The third-order valence-electron chi connectivity index (χ3n) is 7.69. The first-order valence-corrected chi connectivity index (χ1v) is 13.1. The number of anilines is 1. The molecule has 4 aromatic rings. The number of benzene rings is 1. The summed E-state index contributed by atoms with van der Waals surface area (Å²) in [5, 5.41) is 1.62. The Morgan fingerprint density at radius 3 is 2.71 bits per heavy atom. The molecule has 0 saturated carbocycles. The molecule has 0 spiro atoms. The quantitative estimate of drug-likeness (QED) is 0.216. The molecule has 0 fully saturated rings. The minimum atomic E-state index is -0.772. The molecular weight excluding hydrogens is 505 g/mol. The number of aryl methyl sites for hydroxylation is 1. The van der Waals surface area contributed by atoms with Crippen LogP contribution in [-0.2, 0) is 15.9 Å². The summed E-state index contributed by atoms with van der Waals surface area (Å²) in [7, 11) is 1.65. The maximum Gasteiger partial charge on any atom is 0.162 e. The predicted octanol–water partition coefficient (Wildman–Crippen LogP) is 6.43. The Morgan fingerprint density at radius 1 is 1.21 bits per heavy atom. The van der Waals surface area contributed by atoms with Crippen molar-refractivity contribution < 1.29 is 13.9 Å². The molecule has 0 radical (unpaired) electrons. The van der Waals surface area contributed by atoms with Crippen molar-refractivity contribution in [1.29, 1.82) is 0 Å². The minimum Gasteiger partial charge on any atom is -0.382 e. The van der Waals surface area contributed by atoms with E-state index in [1.54, 1.807) is 19.5 Å². The molecule has 1 aliphatic rings. The lowest BCUT2D eigenvalue weighted by Crippen LogP contribution is -2.38. The van der Waals surface area contributed by atoms with Crippen LogP contribution in [0.2, 0.25) is 5.02 Å². The van der Waals surface area contributed by atoms with Gasteiger partial charge in [0.1, 0.15) is 23.6 Å². The summed E-state index contributed by atoms with van der Waals surface area (Å²) in [6, 6.07) is 6.93. The monoisotopic (exact) mass is 537 g/mol. The second-order valence-corrected chi connectivity index (χ2v) is 11.1. The number of methoxy groups -OCH3 is 1. The van der Waals surface area contributed by atoms with Gasteiger partial charge in [0.15, 0.2) is 5.79 Å². The van der Waals surface area contributed by atoms with Crippen LogP contribution in [0.3, 0.4) is 0 Å². The number of ether oxygens (including phenoxy) is 2. The molecule has 1 aliphatic carbocycles. The third kappa shape index (κ3) is 4.77. The first kappa shape index (κ1) is 26.5. The summed E-state index contributed by atoms with van der Waals surface area (Å²) in [5.74, 6) is -0.736. The number of nitrogens with zero attached hydrogens (tertiary/aromatic N) is 4. The third-order valence-corrected chi connectivity index (χ3v) is 8.00. The van der Waals surface area contributed by atoms with Gasteiger partial charge in [-0.3, -0.25) is 0 Å². The van der Waals surface area contributed by atoms with Crippen LogP contribution in [-0.4, -0.2) is 38.5 Å². The SMILES string of the molecule is COC(C)(C)OC1C(C)C(C(C)Cc2cc(F)c3cc(Cl)c(N)nc3c2)=CC1n1ccc2c(C)ncnc21. The number of hydrogen-bond donors (Lipinski definition) is 1. The highest BCUT2D eigenvalue weighted by Crippen LogP contribution is 2.43. The van der Waals surface area contributed by atoms with Gasteiger partial charge < -0.3 is 19.8 Å². The summed E-state index contributed by atoms with van der Waals surface area (Å²) in [6.07, 6.45) is 6.36. The minimum absolute atomic E-state index is 0.0858. The van der Waals surface area contributed by atoms with Crippen molar-refractivity contribution in [2.24, 2.45) is 11.8 Å². The number of hydrogen-bond acceptors (Lipinski definition) is 6. The fourth-order valence-electron chi connectivity index (χ4n) is 5.53. The lowest BCUT2D eigenvalue weighted by molar-refractivity contribution is -0.233. The number of fused-ring (bicyclic) bond motifs is 2. The maximum atomic E-state index is 15.0. The summed E-state index contributed by atoms with van der Waals surface area (Å²) in [5.41, 5.74) is 10.3. The lowest BCUT2D eigenvalue weighted by Gasteiger charge is -2.34. The molecule has 5 rings (SSSR count). The predicted molar refractivity (Wildman–Crippen MR) is 149 cm³/mol. The van der Waals surface area contributed by atoms with E-state index in [1.165, 1.54) is 11.6 Å². The molecule has 0 saturated heterocycles. The summed E-state index contributed by atoms with van der Waals surface area (Å²) >= 11 is 6.06. The molecule has 4 atom stereocenters. The molecule has 2 N–H and O–H groups in total. The Balaban J connectivity index is 1.51. The number of aromatic nitrogens is 4. The van der Waals surface area contributed by atoms with Crippen molar-refractivity contribution in [3.8, 4) is 0 Å². The van der Waals surface area contributed by atoms with Gasteiger partial charge in [-0.05, 0) is 62.9 Å². The fraction of sp³-hybridized carbons (Fsp3) is 0.414. The van der Waals surface area contributed by atoms with E-state index in [4.69, 9.17) is 26.8 Å². The molecule has 9 heteroatoms. The van der Waals surface area contributed by atoms with Crippen LogP contribution in [0.1, 0.15) is 45.0 Å². The van der Waals surface area contributed by atoms with Crippen LogP contribution in [0.5, 0.6) is 0 Å². The molecule has 4 unspecified atom stereocenters. The molecule has 38 heavy (non-hydrogen) atoms. The zero-order chi connectivity index (χ0) is 27.4. The Kier molecular flexibility index (Phi) is 6.92. The number of nitrogens with two attached hydrogens (primary N) is 1. The van der Waals surface area contributed by atoms with Crippen LogP contribution in [0, 0.1) is 24.6 Å². The van der Waals surface area contributed by atoms with Gasteiger partial charge in [0, 0.05) is 30.0 Å². The van der Waals surface area contributed by atoms with Gasteiger partial charge in [0.05, 0.1) is 28.4 Å². The first-order chi connectivity index (χ1) is 18.0. The van der Waals surface area contributed by atoms with Gasteiger partial charge in [0.2, 0.25) is 0 Å². The topological polar surface area (TPSA) is 88.1 Å². The summed E-state index contributed by atoms with van der Waals surface area (Å²) < 4.78 is 29.3. The average molecular weight is 538 g/mol. The summed E-state index contributed by atoms with van der Waals surface area (Å²) in [6.45, 7) is 10.2. The second kappa shape index (κ2) is 9.91. The molecular formula is C29H33ClFN5O2. The largest absolute Gasteiger partial charge is 0.382 e. The van der Waals surface area contributed by atoms with Crippen molar-refractivity contribution in [2.75, 3.05) is 12.8 Å². The van der Waals surface area contributed by atoms with Crippen molar-refractivity contribution in [3.05, 3.63) is 70.5 Å². The molecule has 0 bridgehead atoms. The van der Waals surface area contributed by atoms with Crippen LogP contribution in [0.25, 0.3) is 21.9 Å². The molecule has 200 valence electrons. The van der Waals surface area contributed by atoms with E-state index < -0.39 is 5.79 Å². The van der Waals surface area contributed by atoms with Crippen LogP contribution in [0.4, 0.5) is 10.2 Å². The van der Waals surface area contributed by atoms with Gasteiger partial charge >= 0.3 is 0 Å². The molecule has 3 heterocycles. The Morgan fingerprint density at radius 2 is 1.97 bits per heavy atom. The van der Waals surface area contributed by atoms with E-state index in [0.29, 0.717) is 17.3 Å².